The molecule has 0 aliphatic carbocycles. The van der Waals surface area contributed by atoms with E-state index in [1.807, 2.05) is 6.07 Å². The van der Waals surface area contributed by atoms with Crippen LogP contribution >= 0.6 is 0 Å². The van der Waals surface area contributed by atoms with E-state index in [-0.39, 0.29) is 12.0 Å². The molecule has 0 spiro atoms. The van der Waals surface area contributed by atoms with Crippen molar-refractivity contribution in [3.63, 3.8) is 0 Å². The van der Waals surface area contributed by atoms with Gasteiger partial charge in [0.05, 0.1) is 18.2 Å². The van der Waals surface area contributed by atoms with Crippen molar-refractivity contribution in [2.45, 2.75) is 40.7 Å². The fraction of sp³-hybridized carbons (Fsp3) is 0.368. The van der Waals surface area contributed by atoms with Crippen LogP contribution in [0.4, 0.5) is 0 Å². The number of pyridine rings is 1. The maximum Gasteiger partial charge on any atom is 0.255 e. The van der Waals surface area contributed by atoms with Crippen molar-refractivity contribution in [3.8, 4) is 17.3 Å². The zero-order valence-electron chi connectivity index (χ0n) is 13.7. The molecular formula is C19H22N2O. The fourth-order valence-corrected chi connectivity index (χ4v) is 2.54. The minimum atomic E-state index is -0.0500. The van der Waals surface area contributed by atoms with Gasteiger partial charge in [0.2, 0.25) is 0 Å². The van der Waals surface area contributed by atoms with E-state index in [0.29, 0.717) is 18.0 Å². The van der Waals surface area contributed by atoms with E-state index < -0.39 is 0 Å². The Hall–Kier alpha value is -2.34. The fourth-order valence-electron chi connectivity index (χ4n) is 2.54. The molecule has 1 heterocycles. The number of hydrogen-bond acceptors (Lipinski definition) is 2. The largest absolute Gasteiger partial charge is 0.308 e. The first-order valence-corrected chi connectivity index (χ1v) is 7.61. The molecule has 0 unspecified atom stereocenters. The van der Waals surface area contributed by atoms with Crippen LogP contribution in [0.1, 0.15) is 30.5 Å². The van der Waals surface area contributed by atoms with Crippen molar-refractivity contribution < 1.29 is 0 Å². The molecule has 1 aromatic heterocycles. The lowest BCUT2D eigenvalue weighted by molar-refractivity contribution is 0.513. The Labute approximate surface area is 131 Å². The summed E-state index contributed by atoms with van der Waals surface area (Å²) in [4.78, 5) is 12.7. The molecule has 3 nitrogen and oxygen atoms in total. The molecule has 0 saturated heterocycles. The second kappa shape index (κ2) is 6.62. The van der Waals surface area contributed by atoms with Crippen molar-refractivity contribution in [2.24, 2.45) is 5.92 Å². The first kappa shape index (κ1) is 16.0. The summed E-state index contributed by atoms with van der Waals surface area (Å²) in [6, 6.07) is 12.1. The molecule has 2 aromatic rings. The summed E-state index contributed by atoms with van der Waals surface area (Å²) >= 11 is 0. The van der Waals surface area contributed by atoms with Gasteiger partial charge in [0.25, 0.3) is 5.56 Å². The lowest BCUT2D eigenvalue weighted by atomic mass is 10.0. The average Bonchev–Trinajstić information content (AvgIpc) is 2.46. The third-order valence-electron chi connectivity index (χ3n) is 3.87. The zero-order chi connectivity index (χ0) is 16.3. The van der Waals surface area contributed by atoms with Crippen LogP contribution in [0.5, 0.6) is 0 Å². The Balaban J connectivity index is 2.64. The SMILES string of the molecule is Cc1ccc(-c2ccc(CC#N)c(=O)n2CC(C)C)cc1C. The third kappa shape index (κ3) is 3.28. The van der Waals surface area contributed by atoms with E-state index in [2.05, 4.69) is 52.0 Å². The first-order valence-electron chi connectivity index (χ1n) is 7.61. The highest BCUT2D eigenvalue weighted by atomic mass is 16.1. The standard InChI is InChI=1S/C19H22N2O/c1-13(2)12-21-18(8-7-16(9-10-20)19(21)22)17-6-5-14(3)15(4)11-17/h5-8,11,13H,9,12H2,1-4H3. The zero-order valence-corrected chi connectivity index (χ0v) is 13.7. The van der Waals surface area contributed by atoms with Gasteiger partial charge in [0.1, 0.15) is 0 Å². The van der Waals surface area contributed by atoms with Crippen molar-refractivity contribution in [1.82, 2.24) is 4.57 Å². The molecule has 0 fully saturated rings. The number of nitriles is 1. The summed E-state index contributed by atoms with van der Waals surface area (Å²) in [5, 5.41) is 8.87. The molecule has 114 valence electrons. The van der Waals surface area contributed by atoms with Gasteiger partial charge in [-0.25, -0.2) is 0 Å². The van der Waals surface area contributed by atoms with Gasteiger partial charge in [-0.15, -0.1) is 0 Å². The lowest BCUT2D eigenvalue weighted by Crippen LogP contribution is -2.26. The van der Waals surface area contributed by atoms with E-state index in [9.17, 15) is 4.79 Å². The monoisotopic (exact) mass is 294 g/mol. The quantitative estimate of drug-likeness (QED) is 0.859. The third-order valence-corrected chi connectivity index (χ3v) is 3.87. The molecule has 3 heteroatoms. The molecule has 0 aliphatic heterocycles. The number of nitrogens with zero attached hydrogens (tertiary/aromatic N) is 2. The summed E-state index contributed by atoms with van der Waals surface area (Å²) in [6.45, 7) is 8.99. The van der Waals surface area contributed by atoms with Crippen LogP contribution in [0.25, 0.3) is 11.3 Å². The van der Waals surface area contributed by atoms with Crippen molar-refractivity contribution in [1.29, 1.82) is 5.26 Å². The van der Waals surface area contributed by atoms with E-state index in [4.69, 9.17) is 5.26 Å². The van der Waals surface area contributed by atoms with Gasteiger partial charge in [-0.05, 0) is 48.6 Å². The Kier molecular flexibility index (Phi) is 4.82. The van der Waals surface area contributed by atoms with E-state index in [0.717, 1.165) is 11.3 Å². The van der Waals surface area contributed by atoms with Crippen molar-refractivity contribution in [3.05, 3.63) is 57.4 Å². The van der Waals surface area contributed by atoms with E-state index >= 15 is 0 Å². The highest BCUT2D eigenvalue weighted by Crippen LogP contribution is 2.22. The smallest absolute Gasteiger partial charge is 0.255 e. The van der Waals surface area contributed by atoms with Gasteiger partial charge in [-0.1, -0.05) is 32.0 Å². The molecule has 0 aliphatic rings. The second-order valence-electron chi connectivity index (χ2n) is 6.19. The van der Waals surface area contributed by atoms with E-state index in [1.54, 1.807) is 10.6 Å². The summed E-state index contributed by atoms with van der Waals surface area (Å²) < 4.78 is 1.81. The van der Waals surface area contributed by atoms with Gasteiger partial charge in [0, 0.05) is 12.1 Å². The molecule has 1 aromatic carbocycles. The highest BCUT2D eigenvalue weighted by molar-refractivity contribution is 5.61. The van der Waals surface area contributed by atoms with Gasteiger partial charge in [-0.3, -0.25) is 4.79 Å². The van der Waals surface area contributed by atoms with Crippen molar-refractivity contribution in [2.75, 3.05) is 0 Å². The van der Waals surface area contributed by atoms with Crippen LogP contribution in [0.3, 0.4) is 0 Å². The highest BCUT2D eigenvalue weighted by Gasteiger charge is 2.12. The van der Waals surface area contributed by atoms with Gasteiger partial charge in [0.15, 0.2) is 0 Å². The molecule has 0 N–H and O–H groups in total. The van der Waals surface area contributed by atoms with Crippen LogP contribution in [0.15, 0.2) is 35.1 Å². The first-order chi connectivity index (χ1) is 10.4. The summed E-state index contributed by atoms with van der Waals surface area (Å²) in [5.41, 5.74) is 4.93. The van der Waals surface area contributed by atoms with Gasteiger partial charge < -0.3 is 4.57 Å². The van der Waals surface area contributed by atoms with Crippen molar-refractivity contribution >= 4 is 0 Å². The van der Waals surface area contributed by atoms with Gasteiger partial charge >= 0.3 is 0 Å². The normalized spacial score (nSPS) is 10.7. The predicted octanol–water partition coefficient (Wildman–Crippen LogP) is 3.85. The molecule has 0 saturated carbocycles. The lowest BCUT2D eigenvalue weighted by Gasteiger charge is -2.17. The number of rotatable bonds is 4. The number of aryl methyl sites for hydroxylation is 2. The average molecular weight is 294 g/mol. The molecule has 2 rings (SSSR count). The predicted molar refractivity (Wildman–Crippen MR) is 89.8 cm³/mol. The summed E-state index contributed by atoms with van der Waals surface area (Å²) in [7, 11) is 0. The van der Waals surface area contributed by atoms with Crippen LogP contribution in [-0.4, -0.2) is 4.57 Å². The maximum atomic E-state index is 12.7. The second-order valence-corrected chi connectivity index (χ2v) is 6.19. The topological polar surface area (TPSA) is 45.8 Å². The number of hydrogen-bond donors (Lipinski definition) is 0. The van der Waals surface area contributed by atoms with Crippen LogP contribution in [-0.2, 0) is 13.0 Å². The number of aromatic nitrogens is 1. The Morgan fingerprint density at radius 2 is 1.86 bits per heavy atom. The maximum absolute atomic E-state index is 12.7. The van der Waals surface area contributed by atoms with Crippen LogP contribution in [0, 0.1) is 31.1 Å². The van der Waals surface area contributed by atoms with Gasteiger partial charge in [-0.2, -0.15) is 5.26 Å². The number of benzene rings is 1. The molecular weight excluding hydrogens is 272 g/mol. The molecule has 0 atom stereocenters. The van der Waals surface area contributed by atoms with E-state index in [1.165, 1.54) is 11.1 Å². The van der Waals surface area contributed by atoms with Crippen LogP contribution < -0.4 is 5.56 Å². The van der Waals surface area contributed by atoms with Crippen LogP contribution in [0.2, 0.25) is 0 Å². The summed E-state index contributed by atoms with van der Waals surface area (Å²) in [6.07, 6.45) is 0.157. The minimum absolute atomic E-state index is 0.0500. The molecule has 22 heavy (non-hydrogen) atoms. The summed E-state index contributed by atoms with van der Waals surface area (Å²) in [5.74, 6) is 0.361. The molecule has 0 bridgehead atoms. The Morgan fingerprint density at radius 1 is 1.14 bits per heavy atom. The Bertz CT molecular complexity index is 779. The Morgan fingerprint density at radius 3 is 2.45 bits per heavy atom. The minimum Gasteiger partial charge on any atom is -0.308 e. The molecule has 0 amide bonds. The molecule has 0 radical (unpaired) electrons.